The van der Waals surface area contributed by atoms with E-state index in [1.165, 1.54) is 32.1 Å². The van der Waals surface area contributed by atoms with Crippen LogP contribution in [0.3, 0.4) is 0 Å². The maximum absolute atomic E-state index is 13.2. The fourth-order valence-electron chi connectivity index (χ4n) is 7.27. The first-order valence-electron chi connectivity index (χ1n) is 20.6. The first-order chi connectivity index (χ1) is 27.9. The van der Waals surface area contributed by atoms with E-state index in [1.54, 1.807) is 6.20 Å². The second-order valence-corrected chi connectivity index (χ2v) is 14.9. The molecule has 1 unspecified atom stereocenters. The topological polar surface area (TPSA) is 233 Å². The van der Waals surface area contributed by atoms with E-state index in [2.05, 4.69) is 42.3 Å². The van der Waals surface area contributed by atoms with E-state index in [0.29, 0.717) is 49.7 Å². The first-order valence-corrected chi connectivity index (χ1v) is 20.6. The molecule has 11 N–H and O–H groups in total. The van der Waals surface area contributed by atoms with Gasteiger partial charge in [0.25, 0.3) is 0 Å². The van der Waals surface area contributed by atoms with Crippen LogP contribution in [0, 0.1) is 10.9 Å². The minimum absolute atomic E-state index is 0.0403. The van der Waals surface area contributed by atoms with Crippen LogP contribution in [0.2, 0.25) is 0 Å². The number of fused-ring (bicyclic) bond motifs is 1. The van der Waals surface area contributed by atoms with Gasteiger partial charge in [-0.3, -0.25) is 15.0 Å². The zero-order valence-corrected chi connectivity index (χ0v) is 33.1. The Balaban J connectivity index is 1.03. The molecule has 1 aliphatic carbocycles. The zero-order valence-electron chi connectivity index (χ0n) is 33.1. The van der Waals surface area contributed by atoms with E-state index in [9.17, 15) is 9.59 Å². The number of hydrogen-bond donors (Lipinski definition) is 10. The molecule has 0 radical (unpaired) electrons. The summed E-state index contributed by atoms with van der Waals surface area (Å²) >= 11 is 0. The normalized spacial score (nSPS) is 15.8. The quantitative estimate of drug-likeness (QED) is 0.0284. The van der Waals surface area contributed by atoms with Crippen LogP contribution in [-0.2, 0) is 16.1 Å². The summed E-state index contributed by atoms with van der Waals surface area (Å²) in [5.41, 5.74) is 15.5. The van der Waals surface area contributed by atoms with E-state index in [0.717, 1.165) is 68.3 Å². The van der Waals surface area contributed by atoms with Gasteiger partial charge in [-0.1, -0.05) is 61.7 Å². The Morgan fingerprint density at radius 3 is 2.40 bits per heavy atom. The number of anilines is 2. The molecule has 3 aromatic rings. The van der Waals surface area contributed by atoms with Gasteiger partial charge in [0.1, 0.15) is 11.9 Å². The standard InChI is InChI=1S/C41H62N14O2/c42-40(43)51-36(39(57)48-27-30-11-3-1-4-12-30)17-18-37(56)55-25-19-32(20-26-55)50-38-34-15-7-8-16-35(34)52-41(53-38)49-29-33(54-44)28-46-23-9-21-45-22-10-24-47-31-13-5-2-6-14-31/h1,3-4,7-8,11-12,15-16,28,31-32,36,44-47H,2,5-6,9-10,13-14,17-27,29H2,(H,48,57)(H4,42,43,51)(H2,49,50,52,53)/b33-28-,54-44?. The zero-order chi connectivity index (χ0) is 40.1. The van der Waals surface area contributed by atoms with Gasteiger partial charge >= 0.3 is 0 Å². The van der Waals surface area contributed by atoms with Gasteiger partial charge in [-0.25, -0.2) is 10.5 Å². The number of hydrogen-bond acceptors (Lipinski definition) is 12. The molecular weight excluding hydrogens is 721 g/mol. The molecule has 16 heteroatoms. The number of aromatic nitrogens is 2. The van der Waals surface area contributed by atoms with Crippen LogP contribution < -0.4 is 43.0 Å². The Hall–Kier alpha value is -5.35. The average molecular weight is 783 g/mol. The highest BCUT2D eigenvalue weighted by atomic mass is 16.2. The molecule has 2 aliphatic rings. The van der Waals surface area contributed by atoms with Crippen molar-refractivity contribution in [3.8, 4) is 0 Å². The number of carbonyl (C=O) groups is 2. The van der Waals surface area contributed by atoms with Crippen LogP contribution in [0.4, 0.5) is 11.8 Å². The van der Waals surface area contributed by atoms with Crippen molar-refractivity contribution in [3.05, 3.63) is 72.1 Å². The number of nitrogens with two attached hydrogens (primary N) is 1. The third-order valence-corrected chi connectivity index (χ3v) is 10.5. The Bertz CT molecular complexity index is 1740. The second-order valence-electron chi connectivity index (χ2n) is 14.9. The number of likely N-dealkylation sites (tertiary alicyclic amines) is 1. The van der Waals surface area contributed by atoms with Gasteiger partial charge in [0.05, 0.1) is 17.8 Å². The highest BCUT2D eigenvalue weighted by Crippen LogP contribution is 2.25. The Morgan fingerprint density at radius 1 is 0.912 bits per heavy atom. The van der Waals surface area contributed by atoms with Crippen LogP contribution in [-0.4, -0.2) is 96.6 Å². The van der Waals surface area contributed by atoms with Crippen LogP contribution >= 0.6 is 0 Å². The third kappa shape index (κ3) is 14.9. The van der Waals surface area contributed by atoms with E-state index in [-0.39, 0.29) is 36.7 Å². The number of piperidine rings is 1. The lowest BCUT2D eigenvalue weighted by Crippen LogP contribution is -2.49. The summed E-state index contributed by atoms with van der Waals surface area (Å²) in [6.45, 7) is 5.56. The van der Waals surface area contributed by atoms with Crippen molar-refractivity contribution >= 4 is 40.4 Å². The van der Waals surface area contributed by atoms with Crippen molar-refractivity contribution in [1.82, 2.24) is 41.5 Å². The van der Waals surface area contributed by atoms with Crippen LogP contribution in [0.15, 0.2) is 71.6 Å². The molecule has 0 spiro atoms. The summed E-state index contributed by atoms with van der Waals surface area (Å²) in [6, 6.07) is 17.4. The molecule has 1 aliphatic heterocycles. The number of nitrogens with one attached hydrogen (secondary N) is 9. The number of benzene rings is 2. The summed E-state index contributed by atoms with van der Waals surface area (Å²) in [5.74, 6) is 0.471. The van der Waals surface area contributed by atoms with Crippen LogP contribution in [0.5, 0.6) is 0 Å². The Labute approximate surface area is 336 Å². The smallest absolute Gasteiger partial charge is 0.242 e. The summed E-state index contributed by atoms with van der Waals surface area (Å²) in [7, 11) is 0. The molecule has 2 heterocycles. The molecule has 1 aromatic heterocycles. The van der Waals surface area contributed by atoms with E-state index < -0.39 is 6.04 Å². The van der Waals surface area contributed by atoms with Gasteiger partial charge in [0.2, 0.25) is 17.8 Å². The SMILES string of the molecule is N=N/C(=C\NCCCNCCCNC1CCCCC1)CNc1nc(NC2CCN(C(=O)CCC(NC(=N)N)C(=O)NCc3ccccc3)CC2)c2ccccc2n1. The van der Waals surface area contributed by atoms with Crippen LogP contribution in [0.25, 0.3) is 10.9 Å². The molecule has 57 heavy (non-hydrogen) atoms. The molecule has 2 aromatic carbocycles. The molecule has 1 atom stereocenters. The molecular formula is C41H62N14O2. The molecule has 16 nitrogen and oxygen atoms in total. The molecule has 5 rings (SSSR count). The Morgan fingerprint density at radius 2 is 1.65 bits per heavy atom. The van der Waals surface area contributed by atoms with Crippen molar-refractivity contribution in [3.63, 3.8) is 0 Å². The van der Waals surface area contributed by atoms with Gasteiger partial charge in [0.15, 0.2) is 5.96 Å². The van der Waals surface area contributed by atoms with Crippen molar-refractivity contribution in [2.45, 2.75) is 95.3 Å². The molecule has 2 amide bonds. The van der Waals surface area contributed by atoms with Crippen molar-refractivity contribution < 1.29 is 9.59 Å². The van der Waals surface area contributed by atoms with E-state index >= 15 is 0 Å². The molecule has 308 valence electrons. The fraction of sp³-hybridized carbons (Fsp3) is 0.537. The van der Waals surface area contributed by atoms with Gasteiger partial charge in [0, 0.05) is 56.3 Å². The lowest BCUT2D eigenvalue weighted by molar-refractivity contribution is -0.132. The predicted octanol–water partition coefficient (Wildman–Crippen LogP) is 4.15. The largest absolute Gasteiger partial charge is 0.389 e. The predicted molar refractivity (Wildman–Crippen MR) is 226 cm³/mol. The molecule has 1 saturated heterocycles. The highest BCUT2D eigenvalue weighted by Gasteiger charge is 2.26. The summed E-state index contributed by atoms with van der Waals surface area (Å²) < 4.78 is 0. The number of carbonyl (C=O) groups excluding carboxylic acids is 2. The lowest BCUT2D eigenvalue weighted by atomic mass is 9.95. The number of nitrogens with zero attached hydrogens (tertiary/aromatic N) is 4. The van der Waals surface area contributed by atoms with Gasteiger partial charge in [-0.2, -0.15) is 10.1 Å². The number of amides is 2. The first kappa shape index (κ1) is 42.8. The van der Waals surface area contributed by atoms with Crippen molar-refractivity contribution in [1.29, 1.82) is 10.9 Å². The van der Waals surface area contributed by atoms with Crippen molar-refractivity contribution in [2.24, 2.45) is 10.8 Å². The van der Waals surface area contributed by atoms with E-state index in [1.807, 2.05) is 59.5 Å². The molecule has 1 saturated carbocycles. The van der Waals surface area contributed by atoms with Gasteiger partial charge < -0.3 is 47.9 Å². The summed E-state index contributed by atoms with van der Waals surface area (Å²) in [5, 5.41) is 35.1. The monoisotopic (exact) mass is 783 g/mol. The minimum Gasteiger partial charge on any atom is -0.389 e. The minimum atomic E-state index is -0.790. The number of rotatable bonds is 23. The maximum atomic E-state index is 13.2. The maximum Gasteiger partial charge on any atom is 0.242 e. The van der Waals surface area contributed by atoms with E-state index in [4.69, 9.17) is 26.6 Å². The summed E-state index contributed by atoms with van der Waals surface area (Å²) in [4.78, 5) is 37.5. The number of guanidine groups is 1. The average Bonchev–Trinajstić information content (AvgIpc) is 3.24. The lowest BCUT2D eigenvalue weighted by Gasteiger charge is -2.33. The highest BCUT2D eigenvalue weighted by molar-refractivity contribution is 5.90. The third-order valence-electron chi connectivity index (χ3n) is 10.5. The summed E-state index contributed by atoms with van der Waals surface area (Å²) in [6.07, 6.45) is 12.4. The fourth-order valence-corrected chi connectivity index (χ4v) is 7.27. The molecule has 0 bridgehead atoms. The van der Waals surface area contributed by atoms with Crippen LogP contribution in [0.1, 0.15) is 76.2 Å². The number of para-hydroxylation sites is 1. The molecule has 2 fully saturated rings. The van der Waals surface area contributed by atoms with Gasteiger partial charge in [-0.05, 0) is 82.3 Å². The van der Waals surface area contributed by atoms with Crippen molar-refractivity contribution in [2.75, 3.05) is 56.4 Å². The van der Waals surface area contributed by atoms with Gasteiger partial charge in [-0.15, -0.1) is 0 Å². The Kier molecular flexibility index (Phi) is 17.8. The second kappa shape index (κ2) is 23.7.